The molecule has 5 aliphatic rings. The number of nitrogens with zero attached hydrogens (tertiary/aromatic N) is 2. The number of aliphatic imine (C=N–C) groups is 1. The molecule has 1 aromatic carbocycles. The summed E-state index contributed by atoms with van der Waals surface area (Å²) in [5.74, 6) is -0.611. The largest absolute Gasteiger partial charge is 0.481 e. The lowest BCUT2D eigenvalue weighted by atomic mass is 9.80. The number of aliphatic carboxylic acids is 1. The maximum atomic E-state index is 13.7. The summed E-state index contributed by atoms with van der Waals surface area (Å²) in [6.45, 7) is 2.86. The fourth-order valence-corrected chi connectivity index (χ4v) is 7.10. The van der Waals surface area contributed by atoms with E-state index in [9.17, 15) is 19.5 Å². The van der Waals surface area contributed by atoms with Crippen molar-refractivity contribution in [1.29, 1.82) is 0 Å². The molecular weight excluding hydrogens is 530 g/mol. The third-order valence-corrected chi connectivity index (χ3v) is 9.69. The van der Waals surface area contributed by atoms with Crippen LogP contribution in [0.4, 0.5) is 0 Å². The first-order valence-corrected chi connectivity index (χ1v) is 14.9. The lowest BCUT2D eigenvalue weighted by Gasteiger charge is -2.30. The van der Waals surface area contributed by atoms with Gasteiger partial charge in [0.15, 0.2) is 0 Å². The van der Waals surface area contributed by atoms with Gasteiger partial charge in [0.05, 0.1) is 35.4 Å². The van der Waals surface area contributed by atoms with Crippen LogP contribution in [-0.4, -0.2) is 59.8 Å². The molecule has 2 saturated heterocycles. The maximum absolute atomic E-state index is 13.7. The first kappa shape index (κ1) is 27.2. The van der Waals surface area contributed by atoms with Gasteiger partial charge in [0.2, 0.25) is 5.91 Å². The zero-order chi connectivity index (χ0) is 28.0. The standard InChI is InChI=1S/C31H36ClN3O5/c32-25-3-1-2-23(17-4-5-17)27(25)29(36)34-26-12-20(30(37)35-13-21-15-40-16-22(21)14-35)10-11-24(26)28(33)18-6-8-19(9-7-18)31(38)39/h1-3,6,17,19-22H,4-5,7-16,33H2,(H,38,39). The second kappa shape index (κ2) is 11.1. The lowest BCUT2D eigenvalue weighted by molar-refractivity contribution is -0.142. The number of halogens is 1. The smallest absolute Gasteiger partial charge is 0.306 e. The average Bonchev–Trinajstić information content (AvgIpc) is 3.58. The summed E-state index contributed by atoms with van der Waals surface area (Å²) in [5.41, 5.74) is 10.9. The van der Waals surface area contributed by atoms with Crippen molar-refractivity contribution in [3.63, 3.8) is 0 Å². The molecule has 40 heavy (non-hydrogen) atoms. The van der Waals surface area contributed by atoms with Crippen molar-refractivity contribution in [3.05, 3.63) is 57.3 Å². The third kappa shape index (κ3) is 5.36. The highest BCUT2D eigenvalue weighted by atomic mass is 35.5. The molecule has 0 aromatic heterocycles. The van der Waals surface area contributed by atoms with E-state index in [0.29, 0.717) is 91.5 Å². The highest BCUT2D eigenvalue weighted by Crippen LogP contribution is 2.43. The monoisotopic (exact) mass is 565 g/mol. The van der Waals surface area contributed by atoms with E-state index in [-0.39, 0.29) is 11.8 Å². The summed E-state index contributed by atoms with van der Waals surface area (Å²) < 4.78 is 5.58. The van der Waals surface area contributed by atoms with E-state index in [1.165, 1.54) is 0 Å². The Morgan fingerprint density at radius 1 is 1.02 bits per heavy atom. The Labute approximate surface area is 239 Å². The molecule has 4 atom stereocenters. The number of likely N-dealkylation sites (tertiary alicyclic amines) is 1. The fraction of sp³-hybridized carbons (Fsp3) is 0.548. The van der Waals surface area contributed by atoms with Gasteiger partial charge in [-0.25, -0.2) is 4.99 Å². The van der Waals surface area contributed by atoms with Crippen LogP contribution in [-0.2, 0) is 14.3 Å². The summed E-state index contributed by atoms with van der Waals surface area (Å²) in [6, 6.07) is 5.54. The predicted octanol–water partition coefficient (Wildman–Crippen LogP) is 4.73. The first-order chi connectivity index (χ1) is 19.3. The number of amides is 2. The van der Waals surface area contributed by atoms with Crippen molar-refractivity contribution in [2.24, 2.45) is 34.4 Å². The van der Waals surface area contributed by atoms with Crippen molar-refractivity contribution in [2.45, 2.75) is 57.3 Å². The Balaban J connectivity index is 1.31. The summed E-state index contributed by atoms with van der Waals surface area (Å²) in [7, 11) is 0. The van der Waals surface area contributed by atoms with Crippen LogP contribution in [0, 0.1) is 23.7 Å². The molecule has 8 nitrogen and oxygen atoms in total. The van der Waals surface area contributed by atoms with Crippen molar-refractivity contribution < 1.29 is 24.2 Å². The Morgan fingerprint density at radius 2 is 1.75 bits per heavy atom. The van der Waals surface area contributed by atoms with Gasteiger partial charge in [-0.1, -0.05) is 29.8 Å². The minimum Gasteiger partial charge on any atom is -0.481 e. The highest BCUT2D eigenvalue weighted by Gasteiger charge is 2.42. The third-order valence-electron chi connectivity index (χ3n) is 9.38. The number of carboxylic acid groups (broad SMARTS) is 1. The van der Waals surface area contributed by atoms with E-state index < -0.39 is 17.8 Å². The van der Waals surface area contributed by atoms with Gasteiger partial charge in [0.25, 0.3) is 5.91 Å². The van der Waals surface area contributed by atoms with Gasteiger partial charge in [0.1, 0.15) is 0 Å². The zero-order valence-electron chi connectivity index (χ0n) is 22.6. The Hall–Kier alpha value is -2.97. The second-order valence-corrected chi connectivity index (χ2v) is 12.4. The van der Waals surface area contributed by atoms with Gasteiger partial charge in [-0.2, -0.15) is 0 Å². The SMILES string of the molecule is NC(C1=CCC(C(=O)O)CC1)=C1CCC(C(=O)N2CC3COCC3C2)CC1=NC(=O)c1c(Cl)cccc1C1CC1. The predicted molar refractivity (Wildman–Crippen MR) is 151 cm³/mol. The van der Waals surface area contributed by atoms with Crippen LogP contribution in [0.25, 0.3) is 0 Å². The van der Waals surface area contributed by atoms with Crippen LogP contribution in [0.15, 0.2) is 46.1 Å². The van der Waals surface area contributed by atoms with Crippen LogP contribution in [0.5, 0.6) is 0 Å². The van der Waals surface area contributed by atoms with Crippen LogP contribution in [0.3, 0.4) is 0 Å². The Morgan fingerprint density at radius 3 is 2.40 bits per heavy atom. The van der Waals surface area contributed by atoms with E-state index in [0.717, 1.165) is 42.6 Å². The van der Waals surface area contributed by atoms with E-state index in [1.807, 2.05) is 23.1 Å². The van der Waals surface area contributed by atoms with Gasteiger partial charge in [-0.15, -0.1) is 0 Å². The molecule has 2 aliphatic heterocycles. The number of allylic oxidation sites excluding steroid dienone is 3. The van der Waals surface area contributed by atoms with Crippen molar-refractivity contribution in [2.75, 3.05) is 26.3 Å². The molecule has 2 saturated carbocycles. The number of fused-ring (bicyclic) bond motifs is 1. The molecule has 212 valence electrons. The number of carboxylic acids is 1. The molecule has 0 bridgehead atoms. The number of nitrogens with two attached hydrogens (primary N) is 1. The van der Waals surface area contributed by atoms with E-state index >= 15 is 0 Å². The summed E-state index contributed by atoms with van der Waals surface area (Å²) >= 11 is 6.53. The molecule has 3 N–H and O–H groups in total. The van der Waals surface area contributed by atoms with Gasteiger partial charge in [0, 0.05) is 43.0 Å². The van der Waals surface area contributed by atoms with E-state index in [4.69, 9.17) is 22.1 Å². The van der Waals surface area contributed by atoms with Gasteiger partial charge in [-0.3, -0.25) is 14.4 Å². The molecule has 0 radical (unpaired) electrons. The number of rotatable bonds is 5. The molecule has 4 unspecified atom stereocenters. The number of carbonyl (C=O) groups excluding carboxylic acids is 2. The molecule has 0 spiro atoms. The number of hydrogen-bond donors (Lipinski definition) is 2. The Kier molecular flexibility index (Phi) is 7.57. The maximum Gasteiger partial charge on any atom is 0.306 e. The van der Waals surface area contributed by atoms with E-state index in [1.54, 1.807) is 6.07 Å². The average molecular weight is 566 g/mol. The first-order valence-electron chi connectivity index (χ1n) is 14.5. The van der Waals surface area contributed by atoms with E-state index in [2.05, 4.69) is 4.99 Å². The molecule has 1 aromatic rings. The molecular formula is C31H36ClN3O5. The molecule has 3 aliphatic carbocycles. The number of carbonyl (C=O) groups is 3. The Bertz CT molecular complexity index is 1320. The van der Waals surface area contributed by atoms with Crippen molar-refractivity contribution in [3.8, 4) is 0 Å². The molecule has 6 rings (SSSR count). The number of ether oxygens (including phenoxy) is 1. The van der Waals surface area contributed by atoms with Gasteiger partial charge in [-0.05, 0) is 73.6 Å². The molecule has 9 heteroatoms. The fourth-order valence-electron chi connectivity index (χ4n) is 6.84. The highest BCUT2D eigenvalue weighted by molar-refractivity contribution is 6.34. The minimum absolute atomic E-state index is 0.116. The topological polar surface area (TPSA) is 122 Å². The summed E-state index contributed by atoms with van der Waals surface area (Å²) in [6.07, 6.45) is 6.99. The zero-order valence-corrected chi connectivity index (χ0v) is 23.4. The number of benzene rings is 1. The summed E-state index contributed by atoms with van der Waals surface area (Å²) in [4.78, 5) is 45.4. The van der Waals surface area contributed by atoms with Crippen molar-refractivity contribution >= 4 is 35.1 Å². The number of hydrogen-bond acceptors (Lipinski definition) is 5. The van der Waals surface area contributed by atoms with Crippen LogP contribution < -0.4 is 5.73 Å². The second-order valence-electron chi connectivity index (χ2n) is 12.0. The normalized spacial score (nSPS) is 30.7. The molecule has 4 fully saturated rings. The molecule has 2 amide bonds. The summed E-state index contributed by atoms with van der Waals surface area (Å²) in [5, 5.41) is 9.78. The molecule has 2 heterocycles. The van der Waals surface area contributed by atoms with Crippen molar-refractivity contribution in [1.82, 2.24) is 4.90 Å². The van der Waals surface area contributed by atoms with Gasteiger partial charge >= 0.3 is 5.97 Å². The lowest BCUT2D eigenvalue weighted by Crippen LogP contribution is -2.38. The van der Waals surface area contributed by atoms with Crippen LogP contribution in [0.1, 0.15) is 73.2 Å². The van der Waals surface area contributed by atoms with Crippen LogP contribution >= 0.6 is 11.6 Å². The van der Waals surface area contributed by atoms with Crippen LogP contribution in [0.2, 0.25) is 5.02 Å². The van der Waals surface area contributed by atoms with Gasteiger partial charge < -0.3 is 20.5 Å². The quantitative estimate of drug-likeness (QED) is 0.532. The minimum atomic E-state index is -0.794.